The molecule has 0 unspecified atom stereocenters. The van der Waals surface area contributed by atoms with Crippen molar-refractivity contribution < 1.29 is 9.47 Å². The van der Waals surface area contributed by atoms with Crippen LogP contribution in [0.25, 0.3) is 0 Å². The molecule has 0 aliphatic rings. The number of nitrogens with one attached hydrogen (secondary N) is 1. The van der Waals surface area contributed by atoms with E-state index in [0.29, 0.717) is 6.54 Å². The van der Waals surface area contributed by atoms with E-state index in [4.69, 9.17) is 9.47 Å². The molecule has 6 heteroatoms. The van der Waals surface area contributed by atoms with Gasteiger partial charge in [0.05, 0.1) is 20.8 Å². The van der Waals surface area contributed by atoms with Gasteiger partial charge in [0.15, 0.2) is 11.5 Å². The van der Waals surface area contributed by atoms with E-state index >= 15 is 0 Å². The minimum atomic E-state index is 0.709. The summed E-state index contributed by atoms with van der Waals surface area (Å²) in [4.78, 5) is 3.95. The van der Waals surface area contributed by atoms with Gasteiger partial charge in [-0.15, -0.1) is 0 Å². The molecule has 3 rings (SSSR count). The molecule has 0 atom stereocenters. The summed E-state index contributed by atoms with van der Waals surface area (Å²) in [6.45, 7) is 2.22. The highest BCUT2D eigenvalue weighted by Crippen LogP contribution is 2.30. The number of hydrogen-bond donors (Lipinski definition) is 1. The van der Waals surface area contributed by atoms with E-state index in [-0.39, 0.29) is 0 Å². The summed E-state index contributed by atoms with van der Waals surface area (Å²) in [7, 11) is 3.31. The Morgan fingerprint density at radius 2 is 1.76 bits per heavy atom. The second kappa shape index (κ2) is 8.30. The molecule has 0 aliphatic carbocycles. The Labute approximate surface area is 147 Å². The van der Waals surface area contributed by atoms with Gasteiger partial charge in [0.25, 0.3) is 0 Å². The van der Waals surface area contributed by atoms with E-state index in [1.165, 1.54) is 11.1 Å². The lowest BCUT2D eigenvalue weighted by Gasteiger charge is -2.13. The van der Waals surface area contributed by atoms with Crippen LogP contribution in [0.5, 0.6) is 11.5 Å². The van der Waals surface area contributed by atoms with Gasteiger partial charge in [0, 0.05) is 18.7 Å². The zero-order valence-corrected chi connectivity index (χ0v) is 14.5. The summed E-state index contributed by atoms with van der Waals surface area (Å²) < 4.78 is 12.6. The molecule has 25 heavy (non-hydrogen) atoms. The van der Waals surface area contributed by atoms with Crippen LogP contribution in [0, 0.1) is 0 Å². The Hall–Kier alpha value is -2.86. The van der Waals surface area contributed by atoms with Crippen molar-refractivity contribution >= 4 is 0 Å². The van der Waals surface area contributed by atoms with Gasteiger partial charge in [-0.25, -0.2) is 9.67 Å². The van der Waals surface area contributed by atoms with Gasteiger partial charge in [-0.3, -0.25) is 0 Å². The first-order chi connectivity index (χ1) is 12.3. The quantitative estimate of drug-likeness (QED) is 0.684. The van der Waals surface area contributed by atoms with Gasteiger partial charge in [-0.2, -0.15) is 5.10 Å². The maximum atomic E-state index is 5.46. The van der Waals surface area contributed by atoms with Gasteiger partial charge < -0.3 is 14.8 Å². The Morgan fingerprint density at radius 1 is 0.960 bits per heavy atom. The third-order valence-corrected chi connectivity index (χ3v) is 3.96. The number of hydrogen-bond acceptors (Lipinski definition) is 5. The van der Waals surface area contributed by atoms with Crippen LogP contribution in [0.2, 0.25) is 0 Å². The first kappa shape index (κ1) is 17.0. The monoisotopic (exact) mass is 338 g/mol. The average molecular weight is 338 g/mol. The van der Waals surface area contributed by atoms with Gasteiger partial charge >= 0.3 is 0 Å². The molecule has 1 N–H and O–H groups in total. The molecular formula is C19H22N4O2. The molecular weight excluding hydrogens is 316 g/mol. The van der Waals surface area contributed by atoms with Crippen molar-refractivity contribution in [2.24, 2.45) is 0 Å². The molecule has 0 saturated heterocycles. The van der Waals surface area contributed by atoms with Crippen molar-refractivity contribution in [3.05, 3.63) is 71.8 Å². The molecule has 3 aromatic rings. The van der Waals surface area contributed by atoms with Crippen LogP contribution in [0.4, 0.5) is 0 Å². The molecule has 1 aromatic heterocycles. The van der Waals surface area contributed by atoms with Gasteiger partial charge in [0.1, 0.15) is 12.7 Å². The van der Waals surface area contributed by atoms with E-state index in [1.54, 1.807) is 26.9 Å². The number of benzene rings is 2. The highest BCUT2D eigenvalue weighted by molar-refractivity contribution is 5.46. The first-order valence-electron chi connectivity index (χ1n) is 8.11. The van der Waals surface area contributed by atoms with E-state index in [0.717, 1.165) is 30.2 Å². The molecule has 0 saturated carbocycles. The van der Waals surface area contributed by atoms with Crippen LogP contribution in [0.3, 0.4) is 0 Å². The largest absolute Gasteiger partial charge is 0.493 e. The maximum absolute atomic E-state index is 5.46. The summed E-state index contributed by atoms with van der Waals surface area (Å²) in [6.07, 6.45) is 3.27. The highest BCUT2D eigenvalue weighted by atomic mass is 16.5. The molecule has 2 aromatic carbocycles. The molecule has 0 amide bonds. The van der Waals surface area contributed by atoms with Crippen LogP contribution < -0.4 is 14.8 Å². The van der Waals surface area contributed by atoms with E-state index in [2.05, 4.69) is 39.7 Å². The summed E-state index contributed by atoms with van der Waals surface area (Å²) in [6, 6.07) is 14.4. The Bertz CT molecular complexity index is 786. The summed E-state index contributed by atoms with van der Waals surface area (Å²) in [5, 5.41) is 7.56. The zero-order valence-electron chi connectivity index (χ0n) is 14.5. The Balaban J connectivity index is 1.55. The lowest BCUT2D eigenvalue weighted by molar-refractivity contribution is 0.350. The van der Waals surface area contributed by atoms with Crippen LogP contribution in [0.1, 0.15) is 16.7 Å². The number of methoxy groups -OCH3 is 2. The van der Waals surface area contributed by atoms with Gasteiger partial charge in [0.2, 0.25) is 0 Å². The minimum absolute atomic E-state index is 0.709. The van der Waals surface area contributed by atoms with Crippen LogP contribution >= 0.6 is 0 Å². The standard InChI is InChI=1S/C19H22N4O2/c1-24-18-5-3-4-17(19(18)25-2)11-20-10-15-6-8-16(9-7-15)12-23-14-21-13-22-23/h3-9,13-14,20H,10-12H2,1-2H3. The van der Waals surface area contributed by atoms with Crippen molar-refractivity contribution in [1.82, 2.24) is 20.1 Å². The second-order valence-electron chi connectivity index (χ2n) is 5.67. The molecule has 0 radical (unpaired) electrons. The fourth-order valence-electron chi connectivity index (χ4n) is 2.70. The van der Waals surface area contributed by atoms with Gasteiger partial charge in [-0.1, -0.05) is 36.4 Å². The predicted molar refractivity (Wildman–Crippen MR) is 95.7 cm³/mol. The lowest BCUT2D eigenvalue weighted by atomic mass is 10.1. The average Bonchev–Trinajstić information content (AvgIpc) is 3.16. The summed E-state index contributed by atoms with van der Waals surface area (Å²) in [5.41, 5.74) is 3.50. The van der Waals surface area contributed by atoms with Crippen molar-refractivity contribution in [3.8, 4) is 11.5 Å². The third-order valence-electron chi connectivity index (χ3n) is 3.96. The fraction of sp³-hybridized carbons (Fsp3) is 0.263. The predicted octanol–water partition coefficient (Wildman–Crippen LogP) is 2.63. The van der Waals surface area contributed by atoms with Crippen molar-refractivity contribution in [2.45, 2.75) is 19.6 Å². The van der Waals surface area contributed by atoms with Crippen LogP contribution in [-0.4, -0.2) is 29.0 Å². The summed E-state index contributed by atoms with van der Waals surface area (Å²) in [5.74, 6) is 1.53. The van der Waals surface area contributed by atoms with Gasteiger partial charge in [-0.05, 0) is 17.2 Å². The van der Waals surface area contributed by atoms with Crippen molar-refractivity contribution in [1.29, 1.82) is 0 Å². The van der Waals surface area contributed by atoms with Crippen LogP contribution in [0.15, 0.2) is 55.1 Å². The number of ether oxygens (including phenoxy) is 2. The molecule has 6 nitrogen and oxygen atoms in total. The zero-order chi connectivity index (χ0) is 17.5. The molecule has 130 valence electrons. The Morgan fingerprint density at radius 3 is 2.44 bits per heavy atom. The smallest absolute Gasteiger partial charge is 0.165 e. The second-order valence-corrected chi connectivity index (χ2v) is 5.67. The third kappa shape index (κ3) is 4.36. The molecule has 1 heterocycles. The Kier molecular flexibility index (Phi) is 5.64. The highest BCUT2D eigenvalue weighted by Gasteiger charge is 2.08. The molecule has 0 fully saturated rings. The SMILES string of the molecule is COc1cccc(CNCc2ccc(Cn3cncn3)cc2)c1OC. The summed E-state index contributed by atoms with van der Waals surface area (Å²) >= 11 is 0. The number of aromatic nitrogens is 3. The van der Waals surface area contributed by atoms with Crippen LogP contribution in [-0.2, 0) is 19.6 Å². The first-order valence-corrected chi connectivity index (χ1v) is 8.11. The molecule has 0 bridgehead atoms. The maximum Gasteiger partial charge on any atom is 0.165 e. The topological polar surface area (TPSA) is 61.2 Å². The number of nitrogens with zero attached hydrogens (tertiary/aromatic N) is 3. The van der Waals surface area contributed by atoms with E-state index < -0.39 is 0 Å². The minimum Gasteiger partial charge on any atom is -0.493 e. The molecule has 0 spiro atoms. The normalized spacial score (nSPS) is 10.6. The number of rotatable bonds is 8. The number of para-hydroxylation sites is 1. The molecule has 0 aliphatic heterocycles. The fourth-order valence-corrected chi connectivity index (χ4v) is 2.70. The van der Waals surface area contributed by atoms with E-state index in [1.807, 2.05) is 22.9 Å². The van der Waals surface area contributed by atoms with E-state index in [9.17, 15) is 0 Å². The van der Waals surface area contributed by atoms with Crippen molar-refractivity contribution in [2.75, 3.05) is 14.2 Å². The lowest BCUT2D eigenvalue weighted by Crippen LogP contribution is -2.13. The van der Waals surface area contributed by atoms with Crippen molar-refractivity contribution in [3.63, 3.8) is 0 Å².